The van der Waals surface area contributed by atoms with Gasteiger partial charge in [0.15, 0.2) is 11.5 Å². The molecular weight excluding hydrogens is 426 g/mol. The molecule has 0 aliphatic carbocycles. The van der Waals surface area contributed by atoms with E-state index in [1.165, 1.54) is 13.3 Å². The maximum atomic E-state index is 12.0. The first-order valence-electron chi connectivity index (χ1n) is 8.53. The minimum absolute atomic E-state index is 0.0324. The molecule has 0 unspecified atom stereocenters. The van der Waals surface area contributed by atoms with Crippen molar-refractivity contribution >= 4 is 39.6 Å². The van der Waals surface area contributed by atoms with Gasteiger partial charge in [-0.15, -0.1) is 0 Å². The number of hydrazone groups is 1. The van der Waals surface area contributed by atoms with Crippen molar-refractivity contribution in [3.05, 3.63) is 52.0 Å². The minimum Gasteiger partial charge on any atom is -0.493 e. The number of nitrogens with zero attached hydrogens (tertiary/aromatic N) is 1. The van der Waals surface area contributed by atoms with E-state index in [1.807, 2.05) is 31.2 Å². The van der Waals surface area contributed by atoms with Crippen LogP contribution in [0.1, 0.15) is 24.0 Å². The number of carbonyl (C=O) groups is 2. The lowest BCUT2D eigenvalue weighted by Crippen LogP contribution is -2.20. The second-order valence-electron chi connectivity index (χ2n) is 5.89. The van der Waals surface area contributed by atoms with Crippen LogP contribution < -0.4 is 20.2 Å². The molecule has 0 radical (unpaired) electrons. The largest absolute Gasteiger partial charge is 0.493 e. The Morgan fingerprint density at radius 2 is 1.82 bits per heavy atom. The summed E-state index contributed by atoms with van der Waals surface area (Å²) in [4.78, 5) is 23.9. The molecule has 0 spiro atoms. The van der Waals surface area contributed by atoms with Crippen molar-refractivity contribution in [1.82, 2.24) is 5.43 Å². The fourth-order valence-electron chi connectivity index (χ4n) is 2.40. The summed E-state index contributed by atoms with van der Waals surface area (Å²) in [5.74, 6) is 0.536. The molecule has 0 fully saturated rings. The van der Waals surface area contributed by atoms with Gasteiger partial charge in [0.2, 0.25) is 11.8 Å². The van der Waals surface area contributed by atoms with Gasteiger partial charge in [-0.25, -0.2) is 5.43 Å². The van der Waals surface area contributed by atoms with Gasteiger partial charge in [-0.2, -0.15) is 5.10 Å². The molecule has 0 aromatic heterocycles. The molecule has 0 bridgehead atoms. The Hall–Kier alpha value is -2.87. The number of rotatable bonds is 8. The zero-order chi connectivity index (χ0) is 20.5. The highest BCUT2D eigenvalue weighted by Crippen LogP contribution is 2.35. The van der Waals surface area contributed by atoms with Gasteiger partial charge >= 0.3 is 0 Å². The van der Waals surface area contributed by atoms with Gasteiger partial charge in [0, 0.05) is 18.5 Å². The Balaban J connectivity index is 1.84. The van der Waals surface area contributed by atoms with E-state index in [0.29, 0.717) is 21.5 Å². The van der Waals surface area contributed by atoms with E-state index in [4.69, 9.17) is 9.47 Å². The van der Waals surface area contributed by atoms with Crippen LogP contribution in [0.15, 0.2) is 46.0 Å². The average molecular weight is 448 g/mol. The third-order valence-corrected chi connectivity index (χ3v) is 4.45. The first-order valence-corrected chi connectivity index (χ1v) is 9.32. The fraction of sp³-hybridized carbons (Fsp3) is 0.250. The highest BCUT2D eigenvalue weighted by Gasteiger charge is 2.10. The lowest BCUT2D eigenvalue weighted by molar-refractivity contribution is -0.124. The normalized spacial score (nSPS) is 10.6. The second-order valence-corrected chi connectivity index (χ2v) is 6.75. The first-order chi connectivity index (χ1) is 13.4. The van der Waals surface area contributed by atoms with Crippen LogP contribution in [0.5, 0.6) is 11.5 Å². The van der Waals surface area contributed by atoms with Crippen LogP contribution in [0.25, 0.3) is 0 Å². The summed E-state index contributed by atoms with van der Waals surface area (Å²) in [5.41, 5.74) is 4.83. The van der Waals surface area contributed by atoms with Crippen molar-refractivity contribution in [3.8, 4) is 11.5 Å². The van der Waals surface area contributed by atoms with Gasteiger partial charge in [0.1, 0.15) is 0 Å². The van der Waals surface area contributed by atoms with E-state index >= 15 is 0 Å². The standard InChI is InChI=1S/C20H22BrN3O4/c1-13-6-4-5-7-16(13)23-18(25)8-9-19(26)24-22-12-14-10-15(21)20(28-3)17(11-14)27-2/h4-7,10-12H,8-9H2,1-3H3,(H,23,25)(H,24,26)/b22-12+. The molecule has 2 amide bonds. The van der Waals surface area contributed by atoms with Crippen LogP contribution in [0.2, 0.25) is 0 Å². The number of aryl methyl sites for hydroxylation is 1. The van der Waals surface area contributed by atoms with Crippen molar-refractivity contribution < 1.29 is 19.1 Å². The molecule has 148 valence electrons. The highest BCUT2D eigenvalue weighted by molar-refractivity contribution is 9.10. The highest BCUT2D eigenvalue weighted by atomic mass is 79.9. The summed E-state index contributed by atoms with van der Waals surface area (Å²) in [6, 6.07) is 11.0. The Kier molecular flexibility index (Phi) is 8.01. The SMILES string of the molecule is COc1cc(/C=N/NC(=O)CCC(=O)Nc2ccccc2C)cc(Br)c1OC. The number of anilines is 1. The number of hydrogen-bond donors (Lipinski definition) is 2. The maximum Gasteiger partial charge on any atom is 0.240 e. The number of halogens is 1. The molecule has 2 aromatic rings. The van der Waals surface area contributed by atoms with Crippen molar-refractivity contribution in [2.24, 2.45) is 5.10 Å². The van der Waals surface area contributed by atoms with Gasteiger partial charge in [-0.05, 0) is 52.2 Å². The summed E-state index contributed by atoms with van der Waals surface area (Å²) in [5, 5.41) is 6.71. The molecule has 0 aliphatic heterocycles. The summed E-state index contributed by atoms with van der Waals surface area (Å²) >= 11 is 3.39. The molecular formula is C20H22BrN3O4. The molecule has 7 nitrogen and oxygen atoms in total. The van der Waals surface area contributed by atoms with E-state index in [-0.39, 0.29) is 24.7 Å². The molecule has 0 atom stereocenters. The van der Waals surface area contributed by atoms with Crippen LogP contribution in [0, 0.1) is 6.92 Å². The van der Waals surface area contributed by atoms with Crippen LogP contribution in [0.3, 0.4) is 0 Å². The average Bonchev–Trinajstić information content (AvgIpc) is 2.67. The summed E-state index contributed by atoms with van der Waals surface area (Å²) in [6.45, 7) is 1.91. The number of benzene rings is 2. The molecule has 8 heteroatoms. The predicted octanol–water partition coefficient (Wildman–Crippen LogP) is 3.64. The number of amides is 2. The summed E-state index contributed by atoms with van der Waals surface area (Å²) < 4.78 is 11.2. The van der Waals surface area contributed by atoms with Crippen molar-refractivity contribution in [2.75, 3.05) is 19.5 Å². The Bertz CT molecular complexity index is 884. The molecule has 2 aromatic carbocycles. The van der Waals surface area contributed by atoms with E-state index in [2.05, 4.69) is 31.8 Å². The number of para-hydroxylation sites is 1. The van der Waals surface area contributed by atoms with Crippen LogP contribution in [0.4, 0.5) is 5.69 Å². The quantitative estimate of drug-likeness (QED) is 0.477. The van der Waals surface area contributed by atoms with Gasteiger partial charge in [0.05, 0.1) is 24.9 Å². The van der Waals surface area contributed by atoms with Crippen LogP contribution in [-0.4, -0.2) is 32.2 Å². The Morgan fingerprint density at radius 1 is 1.11 bits per heavy atom. The predicted molar refractivity (Wildman–Crippen MR) is 112 cm³/mol. The number of nitrogens with one attached hydrogen (secondary N) is 2. The summed E-state index contributed by atoms with van der Waals surface area (Å²) in [7, 11) is 3.08. The number of methoxy groups -OCH3 is 2. The molecule has 0 saturated heterocycles. The van der Waals surface area contributed by atoms with Gasteiger partial charge in [0.25, 0.3) is 0 Å². The monoisotopic (exact) mass is 447 g/mol. The van der Waals surface area contributed by atoms with Crippen molar-refractivity contribution in [1.29, 1.82) is 0 Å². The first kappa shape index (κ1) is 21.4. The van der Waals surface area contributed by atoms with Crippen molar-refractivity contribution in [3.63, 3.8) is 0 Å². The maximum absolute atomic E-state index is 12.0. The van der Waals surface area contributed by atoms with Crippen LogP contribution >= 0.6 is 15.9 Å². The van der Waals surface area contributed by atoms with Gasteiger partial charge in [-0.1, -0.05) is 18.2 Å². The lowest BCUT2D eigenvalue weighted by Gasteiger charge is -2.10. The zero-order valence-electron chi connectivity index (χ0n) is 15.9. The molecule has 0 saturated carbocycles. The molecule has 28 heavy (non-hydrogen) atoms. The Labute approximate surface area is 172 Å². The van der Waals surface area contributed by atoms with Crippen LogP contribution in [-0.2, 0) is 9.59 Å². The molecule has 0 heterocycles. The van der Waals surface area contributed by atoms with Gasteiger partial charge < -0.3 is 14.8 Å². The molecule has 2 rings (SSSR count). The third-order valence-electron chi connectivity index (χ3n) is 3.86. The zero-order valence-corrected chi connectivity index (χ0v) is 17.5. The van der Waals surface area contributed by atoms with Gasteiger partial charge in [-0.3, -0.25) is 9.59 Å². The molecule has 2 N–H and O–H groups in total. The smallest absolute Gasteiger partial charge is 0.240 e. The summed E-state index contributed by atoms with van der Waals surface area (Å²) in [6.07, 6.45) is 1.58. The van der Waals surface area contributed by atoms with E-state index in [1.54, 1.807) is 19.2 Å². The lowest BCUT2D eigenvalue weighted by atomic mass is 10.2. The number of hydrogen-bond acceptors (Lipinski definition) is 5. The third kappa shape index (κ3) is 6.09. The van der Waals surface area contributed by atoms with E-state index < -0.39 is 0 Å². The van der Waals surface area contributed by atoms with Crippen molar-refractivity contribution in [2.45, 2.75) is 19.8 Å². The van der Waals surface area contributed by atoms with E-state index in [0.717, 1.165) is 11.3 Å². The fourth-order valence-corrected chi connectivity index (χ4v) is 3.02. The van der Waals surface area contributed by atoms with E-state index in [9.17, 15) is 9.59 Å². The minimum atomic E-state index is -0.351. The number of ether oxygens (including phenoxy) is 2. The second kappa shape index (κ2) is 10.5. The Morgan fingerprint density at radius 3 is 2.50 bits per heavy atom. The number of carbonyl (C=O) groups excluding carboxylic acids is 2. The molecule has 0 aliphatic rings. The topological polar surface area (TPSA) is 89.0 Å².